The van der Waals surface area contributed by atoms with Crippen molar-refractivity contribution in [3.05, 3.63) is 23.8 Å². The number of benzene rings is 1. The highest BCUT2D eigenvalue weighted by Crippen LogP contribution is 2.25. The van der Waals surface area contributed by atoms with Crippen molar-refractivity contribution in [2.24, 2.45) is 0 Å². The summed E-state index contributed by atoms with van der Waals surface area (Å²) in [6.07, 6.45) is 3.41. The maximum absolute atomic E-state index is 12.0. The summed E-state index contributed by atoms with van der Waals surface area (Å²) < 4.78 is 10.4. The molecule has 110 valence electrons. The van der Waals surface area contributed by atoms with Gasteiger partial charge >= 0.3 is 5.97 Å². The summed E-state index contributed by atoms with van der Waals surface area (Å²) in [5, 5.41) is 0. The Balaban J connectivity index is 1.79. The van der Waals surface area contributed by atoms with E-state index in [1.54, 1.807) is 18.2 Å². The van der Waals surface area contributed by atoms with Crippen LogP contribution in [0.4, 0.5) is 5.69 Å². The fourth-order valence-electron chi connectivity index (χ4n) is 2.44. The summed E-state index contributed by atoms with van der Waals surface area (Å²) in [5.74, 6) is 0.110. The van der Waals surface area contributed by atoms with E-state index in [2.05, 4.69) is 4.90 Å². The fraction of sp³-hybridized carbons (Fsp3) is 0.533. The minimum absolute atomic E-state index is 0.333. The number of methoxy groups -OCH3 is 1. The Hall–Kier alpha value is -1.75. The molecule has 2 rings (SSSR count). The second-order valence-electron chi connectivity index (χ2n) is 4.96. The second kappa shape index (κ2) is 7.14. The number of nitrogens with two attached hydrogens (primary N) is 1. The molecule has 0 radical (unpaired) electrons. The Morgan fingerprint density at radius 3 is 2.80 bits per heavy atom. The minimum atomic E-state index is -0.386. The maximum Gasteiger partial charge on any atom is 0.340 e. The van der Waals surface area contributed by atoms with E-state index in [4.69, 9.17) is 15.2 Å². The third-order valence-electron chi connectivity index (χ3n) is 3.56. The van der Waals surface area contributed by atoms with Crippen molar-refractivity contribution in [3.63, 3.8) is 0 Å². The Morgan fingerprint density at radius 2 is 2.10 bits per heavy atom. The fourth-order valence-corrected chi connectivity index (χ4v) is 2.44. The van der Waals surface area contributed by atoms with Gasteiger partial charge < -0.3 is 20.1 Å². The molecule has 0 amide bonds. The van der Waals surface area contributed by atoms with Crippen LogP contribution in [0.25, 0.3) is 0 Å². The van der Waals surface area contributed by atoms with Gasteiger partial charge in [-0.05, 0) is 44.5 Å². The van der Waals surface area contributed by atoms with E-state index in [-0.39, 0.29) is 5.97 Å². The number of anilines is 1. The smallest absolute Gasteiger partial charge is 0.340 e. The molecule has 0 aromatic heterocycles. The van der Waals surface area contributed by atoms with Gasteiger partial charge in [-0.25, -0.2) is 4.79 Å². The molecule has 0 spiro atoms. The highest BCUT2D eigenvalue weighted by Gasteiger charge is 2.15. The van der Waals surface area contributed by atoms with Gasteiger partial charge in [-0.15, -0.1) is 0 Å². The van der Waals surface area contributed by atoms with Gasteiger partial charge in [-0.1, -0.05) is 6.07 Å². The summed E-state index contributed by atoms with van der Waals surface area (Å²) >= 11 is 0. The van der Waals surface area contributed by atoms with Crippen LogP contribution < -0.4 is 10.5 Å². The van der Waals surface area contributed by atoms with E-state index in [0.717, 1.165) is 26.1 Å². The van der Waals surface area contributed by atoms with E-state index in [0.29, 0.717) is 23.6 Å². The molecule has 5 nitrogen and oxygen atoms in total. The zero-order valence-corrected chi connectivity index (χ0v) is 11.9. The number of ether oxygens (including phenoxy) is 2. The molecule has 2 N–H and O–H groups in total. The van der Waals surface area contributed by atoms with Crippen LogP contribution in [0.2, 0.25) is 0 Å². The molecule has 1 aromatic rings. The monoisotopic (exact) mass is 278 g/mol. The number of hydrogen-bond acceptors (Lipinski definition) is 5. The van der Waals surface area contributed by atoms with Gasteiger partial charge in [-0.3, -0.25) is 0 Å². The van der Waals surface area contributed by atoms with Crippen LogP contribution in [-0.4, -0.2) is 44.2 Å². The van der Waals surface area contributed by atoms with Gasteiger partial charge in [-0.2, -0.15) is 0 Å². The van der Waals surface area contributed by atoms with Crippen molar-refractivity contribution in [2.45, 2.75) is 19.3 Å². The molecule has 1 aliphatic rings. The molecular weight excluding hydrogens is 256 g/mol. The third-order valence-corrected chi connectivity index (χ3v) is 3.56. The summed E-state index contributed by atoms with van der Waals surface area (Å²) in [7, 11) is 1.52. The summed E-state index contributed by atoms with van der Waals surface area (Å²) in [4.78, 5) is 14.4. The molecule has 1 aliphatic heterocycles. The van der Waals surface area contributed by atoms with Crippen LogP contribution in [0.5, 0.6) is 5.75 Å². The lowest BCUT2D eigenvalue weighted by Crippen LogP contribution is -2.22. The number of para-hydroxylation sites is 1. The number of carbonyl (C=O) groups is 1. The molecular formula is C15H22N2O3. The predicted molar refractivity (Wildman–Crippen MR) is 78.0 cm³/mol. The van der Waals surface area contributed by atoms with Gasteiger partial charge in [0.15, 0.2) is 0 Å². The van der Waals surface area contributed by atoms with Gasteiger partial charge in [0, 0.05) is 6.54 Å². The zero-order valence-electron chi connectivity index (χ0n) is 11.9. The molecule has 0 atom stereocenters. The highest BCUT2D eigenvalue weighted by atomic mass is 16.5. The number of nitrogens with zero attached hydrogens (tertiary/aromatic N) is 1. The molecule has 5 heteroatoms. The first-order valence-electron chi connectivity index (χ1n) is 7.04. The number of rotatable bonds is 6. The molecule has 0 aliphatic carbocycles. The molecule has 1 aromatic carbocycles. The van der Waals surface area contributed by atoms with Crippen molar-refractivity contribution >= 4 is 11.7 Å². The van der Waals surface area contributed by atoms with E-state index in [1.807, 2.05) is 0 Å². The largest absolute Gasteiger partial charge is 0.495 e. The number of nitrogen functional groups attached to an aromatic ring is 1. The lowest BCUT2D eigenvalue weighted by molar-refractivity contribution is 0.0492. The van der Waals surface area contributed by atoms with Crippen LogP contribution in [0.3, 0.4) is 0 Å². The molecule has 0 unspecified atom stereocenters. The van der Waals surface area contributed by atoms with Crippen molar-refractivity contribution in [1.82, 2.24) is 4.90 Å². The third kappa shape index (κ3) is 3.63. The van der Waals surface area contributed by atoms with E-state index in [1.165, 1.54) is 20.0 Å². The van der Waals surface area contributed by atoms with E-state index in [9.17, 15) is 4.79 Å². The second-order valence-corrected chi connectivity index (χ2v) is 4.96. The topological polar surface area (TPSA) is 64.8 Å². The first-order valence-corrected chi connectivity index (χ1v) is 7.04. The lowest BCUT2D eigenvalue weighted by atomic mass is 10.1. The Morgan fingerprint density at radius 1 is 1.35 bits per heavy atom. The van der Waals surface area contributed by atoms with Gasteiger partial charge in [0.25, 0.3) is 0 Å². The zero-order chi connectivity index (χ0) is 14.4. The van der Waals surface area contributed by atoms with Crippen LogP contribution in [0, 0.1) is 0 Å². The number of likely N-dealkylation sites (tertiary alicyclic amines) is 1. The SMILES string of the molecule is COc1cccc(C(=O)OCCCN2CCCC2)c1N. The molecule has 1 heterocycles. The number of hydrogen-bond donors (Lipinski definition) is 1. The van der Waals surface area contributed by atoms with Crippen LogP contribution >= 0.6 is 0 Å². The summed E-state index contributed by atoms with van der Waals surface area (Å²) in [5.41, 5.74) is 6.56. The minimum Gasteiger partial charge on any atom is -0.495 e. The molecule has 1 saturated heterocycles. The molecule has 0 saturated carbocycles. The van der Waals surface area contributed by atoms with E-state index >= 15 is 0 Å². The highest BCUT2D eigenvalue weighted by molar-refractivity contribution is 5.96. The van der Waals surface area contributed by atoms with Gasteiger partial charge in [0.05, 0.1) is 25.0 Å². The van der Waals surface area contributed by atoms with Gasteiger partial charge in [0.2, 0.25) is 0 Å². The summed E-state index contributed by atoms with van der Waals surface area (Å²) in [6, 6.07) is 5.11. The van der Waals surface area contributed by atoms with E-state index < -0.39 is 0 Å². The average molecular weight is 278 g/mol. The maximum atomic E-state index is 12.0. The standard InChI is InChI=1S/C15H22N2O3/c1-19-13-7-4-6-12(14(13)16)15(18)20-11-5-10-17-8-2-3-9-17/h4,6-7H,2-3,5,8-11,16H2,1H3. The van der Waals surface area contributed by atoms with Crippen LogP contribution in [0.15, 0.2) is 18.2 Å². The summed E-state index contributed by atoms with van der Waals surface area (Å²) in [6.45, 7) is 3.74. The Labute approximate surface area is 119 Å². The number of esters is 1. The predicted octanol–water partition coefficient (Wildman–Crippen LogP) is 1.92. The normalized spacial score (nSPS) is 15.2. The van der Waals surface area contributed by atoms with Gasteiger partial charge in [0.1, 0.15) is 5.75 Å². The Bertz CT molecular complexity index is 456. The van der Waals surface area contributed by atoms with Crippen molar-refractivity contribution < 1.29 is 14.3 Å². The number of carbonyl (C=O) groups excluding carboxylic acids is 1. The van der Waals surface area contributed by atoms with Crippen molar-refractivity contribution in [1.29, 1.82) is 0 Å². The molecule has 1 fully saturated rings. The van der Waals surface area contributed by atoms with Crippen LogP contribution in [-0.2, 0) is 4.74 Å². The molecule has 20 heavy (non-hydrogen) atoms. The van der Waals surface area contributed by atoms with Crippen LogP contribution in [0.1, 0.15) is 29.6 Å². The first kappa shape index (κ1) is 14.7. The lowest BCUT2D eigenvalue weighted by Gasteiger charge is -2.14. The van der Waals surface area contributed by atoms with Crippen molar-refractivity contribution in [3.8, 4) is 5.75 Å². The van der Waals surface area contributed by atoms with Crippen molar-refractivity contribution in [2.75, 3.05) is 39.1 Å². The molecule has 0 bridgehead atoms. The average Bonchev–Trinajstić information content (AvgIpc) is 2.97. The quantitative estimate of drug-likeness (QED) is 0.489. The Kier molecular flexibility index (Phi) is 5.24. The first-order chi connectivity index (χ1) is 9.72.